The van der Waals surface area contributed by atoms with E-state index >= 15 is 0 Å². The second kappa shape index (κ2) is 12.0. The van der Waals surface area contributed by atoms with Gasteiger partial charge < -0.3 is 24.8 Å². The van der Waals surface area contributed by atoms with Crippen molar-refractivity contribution in [2.24, 2.45) is 0 Å². The monoisotopic (exact) mass is 372 g/mol. The molecule has 1 fully saturated rings. The van der Waals surface area contributed by atoms with Crippen molar-refractivity contribution >= 4 is 18.3 Å². The quantitative estimate of drug-likeness (QED) is 0.617. The normalized spacial score (nSPS) is 14.0. The molecule has 0 atom stereocenters. The summed E-state index contributed by atoms with van der Waals surface area (Å²) in [7, 11) is 3.28. The van der Waals surface area contributed by atoms with Crippen molar-refractivity contribution in [2.45, 2.75) is 38.3 Å². The molecule has 1 saturated carbocycles. The van der Waals surface area contributed by atoms with E-state index in [-0.39, 0.29) is 31.0 Å². The minimum absolute atomic E-state index is 0. The van der Waals surface area contributed by atoms with E-state index in [9.17, 15) is 4.79 Å². The average Bonchev–Trinajstić information content (AvgIpc) is 3.10. The molecule has 142 valence electrons. The van der Waals surface area contributed by atoms with Gasteiger partial charge in [0, 0.05) is 31.8 Å². The summed E-state index contributed by atoms with van der Waals surface area (Å²) >= 11 is 0. The second-order valence-corrected chi connectivity index (χ2v) is 5.94. The van der Waals surface area contributed by atoms with Crippen LogP contribution in [0.1, 0.15) is 31.2 Å². The first-order chi connectivity index (χ1) is 11.7. The van der Waals surface area contributed by atoms with Gasteiger partial charge in [0.15, 0.2) is 0 Å². The van der Waals surface area contributed by atoms with E-state index in [1.807, 2.05) is 18.2 Å². The number of carbonyl (C=O) groups is 1. The molecule has 2 rings (SSSR count). The first kappa shape index (κ1) is 21.5. The van der Waals surface area contributed by atoms with Crippen LogP contribution in [0.4, 0.5) is 0 Å². The maximum atomic E-state index is 11.9. The molecule has 1 amide bonds. The Kier molecular flexibility index (Phi) is 10.3. The number of rotatable bonds is 10. The van der Waals surface area contributed by atoms with Crippen molar-refractivity contribution < 1.29 is 19.0 Å². The summed E-state index contributed by atoms with van der Waals surface area (Å²) < 4.78 is 16.3. The molecule has 0 radical (unpaired) electrons. The predicted octanol–water partition coefficient (Wildman–Crippen LogP) is 2.29. The summed E-state index contributed by atoms with van der Waals surface area (Å²) in [6, 6.07) is 5.73. The van der Waals surface area contributed by atoms with Crippen LogP contribution in [0.25, 0.3) is 0 Å². The van der Waals surface area contributed by atoms with Gasteiger partial charge in [0.05, 0.1) is 26.4 Å². The van der Waals surface area contributed by atoms with Gasteiger partial charge in [0.1, 0.15) is 11.5 Å². The highest BCUT2D eigenvalue weighted by Crippen LogP contribution is 2.29. The molecule has 0 spiro atoms. The van der Waals surface area contributed by atoms with Gasteiger partial charge in [-0.3, -0.25) is 4.79 Å². The Hall–Kier alpha value is -1.50. The van der Waals surface area contributed by atoms with Crippen LogP contribution in [0.5, 0.6) is 11.5 Å². The minimum atomic E-state index is -0.0475. The Bertz CT molecular complexity index is 522. The zero-order chi connectivity index (χ0) is 17.2. The number of nitrogens with one attached hydrogen (secondary N) is 2. The van der Waals surface area contributed by atoms with Gasteiger partial charge in [-0.2, -0.15) is 0 Å². The van der Waals surface area contributed by atoms with Crippen LogP contribution in [-0.2, 0) is 16.1 Å². The lowest BCUT2D eigenvalue weighted by Gasteiger charge is -2.18. The molecule has 0 heterocycles. The molecule has 25 heavy (non-hydrogen) atoms. The van der Waals surface area contributed by atoms with Crippen molar-refractivity contribution in [1.82, 2.24) is 10.6 Å². The van der Waals surface area contributed by atoms with Gasteiger partial charge in [0.25, 0.3) is 0 Å². The lowest BCUT2D eigenvalue weighted by atomic mass is 10.1. The van der Waals surface area contributed by atoms with Crippen LogP contribution in [0, 0.1) is 0 Å². The van der Waals surface area contributed by atoms with Crippen molar-refractivity contribution in [1.29, 1.82) is 0 Å². The molecule has 0 aliphatic heterocycles. The first-order valence-electron chi connectivity index (χ1n) is 8.53. The molecule has 1 aromatic rings. The number of benzene rings is 1. The number of carbonyl (C=O) groups excluding carboxylic acids is 1. The first-order valence-corrected chi connectivity index (χ1v) is 8.53. The molecule has 0 saturated heterocycles. The van der Waals surface area contributed by atoms with Crippen molar-refractivity contribution in [3.63, 3.8) is 0 Å². The minimum Gasteiger partial charge on any atom is -0.497 e. The molecule has 1 aliphatic rings. The summed E-state index contributed by atoms with van der Waals surface area (Å²) in [4.78, 5) is 11.9. The highest BCUT2D eigenvalue weighted by Gasteiger charge is 2.18. The Morgan fingerprint density at radius 3 is 2.68 bits per heavy atom. The van der Waals surface area contributed by atoms with E-state index in [4.69, 9.17) is 14.2 Å². The fraction of sp³-hybridized carbons (Fsp3) is 0.611. The third-order valence-corrected chi connectivity index (χ3v) is 4.11. The van der Waals surface area contributed by atoms with E-state index in [1.54, 1.807) is 14.2 Å². The van der Waals surface area contributed by atoms with Crippen LogP contribution < -0.4 is 20.1 Å². The third-order valence-electron chi connectivity index (χ3n) is 4.11. The Balaban J connectivity index is 0.00000312. The number of hydrogen-bond donors (Lipinski definition) is 2. The maximum absolute atomic E-state index is 11.9. The summed E-state index contributed by atoms with van der Waals surface area (Å²) in [5.41, 5.74) is 0.966. The van der Waals surface area contributed by atoms with E-state index in [0.29, 0.717) is 19.7 Å². The zero-order valence-electron chi connectivity index (χ0n) is 15.0. The highest BCUT2D eigenvalue weighted by atomic mass is 35.5. The topological polar surface area (TPSA) is 68.8 Å². The molecule has 6 nitrogen and oxygen atoms in total. The van der Waals surface area contributed by atoms with Gasteiger partial charge in [-0.15, -0.1) is 12.4 Å². The largest absolute Gasteiger partial charge is 0.497 e. The van der Waals surface area contributed by atoms with Crippen LogP contribution in [-0.4, -0.2) is 45.9 Å². The van der Waals surface area contributed by atoms with Gasteiger partial charge in [-0.25, -0.2) is 0 Å². The van der Waals surface area contributed by atoms with Gasteiger partial charge in [-0.1, -0.05) is 0 Å². The molecule has 7 heteroatoms. The maximum Gasteiger partial charge on any atom is 0.234 e. The second-order valence-electron chi connectivity index (χ2n) is 5.94. The molecule has 1 aliphatic carbocycles. The summed E-state index contributed by atoms with van der Waals surface area (Å²) in [6.07, 6.45) is 4.88. The number of ether oxygens (including phenoxy) is 3. The van der Waals surface area contributed by atoms with Gasteiger partial charge in [0.2, 0.25) is 5.91 Å². The molecule has 0 aromatic heterocycles. The van der Waals surface area contributed by atoms with E-state index in [2.05, 4.69) is 10.6 Å². The van der Waals surface area contributed by atoms with Gasteiger partial charge in [-0.05, 0) is 37.8 Å². The zero-order valence-corrected chi connectivity index (χ0v) is 15.8. The van der Waals surface area contributed by atoms with Crippen LogP contribution in [0.3, 0.4) is 0 Å². The molecule has 2 N–H and O–H groups in total. The van der Waals surface area contributed by atoms with Crippen molar-refractivity contribution in [3.8, 4) is 11.5 Å². The van der Waals surface area contributed by atoms with Crippen molar-refractivity contribution in [3.05, 3.63) is 23.8 Å². The third kappa shape index (κ3) is 7.50. The number of halogens is 1. The van der Waals surface area contributed by atoms with E-state index < -0.39 is 0 Å². The van der Waals surface area contributed by atoms with Gasteiger partial charge >= 0.3 is 0 Å². The number of hydrogen-bond acceptors (Lipinski definition) is 5. The van der Waals surface area contributed by atoms with Crippen molar-refractivity contribution in [2.75, 3.05) is 33.9 Å². The van der Waals surface area contributed by atoms with Crippen LogP contribution in [0.2, 0.25) is 0 Å². The smallest absolute Gasteiger partial charge is 0.234 e. The number of methoxy groups -OCH3 is 2. The molecular weight excluding hydrogens is 344 g/mol. The summed E-state index contributed by atoms with van der Waals surface area (Å²) in [5, 5.41) is 5.94. The number of amides is 1. The molecule has 1 aromatic carbocycles. The highest BCUT2D eigenvalue weighted by molar-refractivity contribution is 5.85. The van der Waals surface area contributed by atoms with E-state index in [1.165, 1.54) is 12.8 Å². The lowest BCUT2D eigenvalue weighted by molar-refractivity contribution is -0.120. The molecule has 0 bridgehead atoms. The molecule has 0 unspecified atom stereocenters. The summed E-state index contributed by atoms with van der Waals surface area (Å²) in [5.74, 6) is 1.52. The standard InChI is InChI=1S/C18H28N2O4.ClH/c1-22-10-9-19-13-18(21)20-12-14-7-8-16(23-2)11-17(14)24-15-5-3-4-6-15;/h7-8,11,15,19H,3-6,9-10,12-13H2,1-2H3,(H,20,21);1H. The van der Waals surface area contributed by atoms with Crippen LogP contribution in [0.15, 0.2) is 18.2 Å². The Labute approximate surface area is 156 Å². The average molecular weight is 373 g/mol. The SMILES string of the molecule is COCCNCC(=O)NCc1ccc(OC)cc1OC1CCCC1.Cl. The Morgan fingerprint density at radius 2 is 2.00 bits per heavy atom. The Morgan fingerprint density at radius 1 is 1.24 bits per heavy atom. The fourth-order valence-corrected chi connectivity index (χ4v) is 2.74. The predicted molar refractivity (Wildman–Crippen MR) is 99.7 cm³/mol. The molecular formula is C18H29ClN2O4. The summed E-state index contributed by atoms with van der Waals surface area (Å²) in [6.45, 7) is 1.96. The van der Waals surface area contributed by atoms with E-state index in [0.717, 1.165) is 29.9 Å². The lowest BCUT2D eigenvalue weighted by Crippen LogP contribution is -2.35. The van der Waals surface area contributed by atoms with Crippen LogP contribution >= 0.6 is 12.4 Å². The fourth-order valence-electron chi connectivity index (χ4n) is 2.74.